The SMILES string of the molecule is CCN(CC(=O)Nc1cccc(OC)c1)C(=O)c1cc[n+]([O-])cc1. The first-order chi connectivity index (χ1) is 11.5. The van der Waals surface area contributed by atoms with Crippen molar-refractivity contribution >= 4 is 17.5 Å². The van der Waals surface area contributed by atoms with Crippen molar-refractivity contribution in [3.63, 3.8) is 0 Å². The van der Waals surface area contributed by atoms with E-state index in [1.807, 2.05) is 0 Å². The highest BCUT2D eigenvalue weighted by Gasteiger charge is 2.18. The number of aromatic nitrogens is 1. The maximum Gasteiger partial charge on any atom is 0.254 e. The van der Waals surface area contributed by atoms with Gasteiger partial charge in [0.15, 0.2) is 12.4 Å². The molecule has 7 heteroatoms. The number of anilines is 1. The maximum atomic E-state index is 12.4. The third-order valence-electron chi connectivity index (χ3n) is 3.41. The van der Waals surface area contributed by atoms with Crippen LogP contribution < -0.4 is 14.8 Å². The predicted octanol–water partition coefficient (Wildman–Crippen LogP) is 1.43. The molecule has 126 valence electrons. The third kappa shape index (κ3) is 4.45. The molecule has 2 amide bonds. The van der Waals surface area contributed by atoms with Gasteiger partial charge in [-0.05, 0) is 19.1 Å². The minimum Gasteiger partial charge on any atom is -0.619 e. The number of carbonyl (C=O) groups is 2. The van der Waals surface area contributed by atoms with Crippen LogP contribution in [-0.4, -0.2) is 36.9 Å². The summed E-state index contributed by atoms with van der Waals surface area (Å²) >= 11 is 0. The molecule has 0 saturated heterocycles. The topological polar surface area (TPSA) is 85.6 Å². The lowest BCUT2D eigenvalue weighted by molar-refractivity contribution is -0.605. The molecule has 2 aromatic rings. The van der Waals surface area contributed by atoms with Gasteiger partial charge in [-0.15, -0.1) is 0 Å². The van der Waals surface area contributed by atoms with Crippen molar-refractivity contribution in [2.45, 2.75) is 6.92 Å². The number of likely N-dealkylation sites (N-methyl/N-ethyl adjacent to an activating group) is 1. The Morgan fingerprint density at radius 3 is 2.58 bits per heavy atom. The Kier molecular flexibility index (Phi) is 5.73. The Morgan fingerprint density at radius 2 is 1.96 bits per heavy atom. The van der Waals surface area contributed by atoms with Crippen LogP contribution in [0.25, 0.3) is 0 Å². The normalized spacial score (nSPS) is 10.1. The van der Waals surface area contributed by atoms with Crippen LogP contribution in [0.4, 0.5) is 5.69 Å². The number of hydrogen-bond acceptors (Lipinski definition) is 4. The summed E-state index contributed by atoms with van der Waals surface area (Å²) in [5.74, 6) is 0.0126. The van der Waals surface area contributed by atoms with Crippen LogP contribution in [0.15, 0.2) is 48.8 Å². The predicted molar refractivity (Wildman–Crippen MR) is 88.6 cm³/mol. The minimum absolute atomic E-state index is 0.0845. The van der Waals surface area contributed by atoms with Gasteiger partial charge in [0.05, 0.1) is 12.7 Å². The van der Waals surface area contributed by atoms with E-state index in [4.69, 9.17) is 4.74 Å². The van der Waals surface area contributed by atoms with Gasteiger partial charge < -0.3 is 20.2 Å². The maximum absolute atomic E-state index is 12.4. The molecule has 7 nitrogen and oxygen atoms in total. The van der Waals surface area contributed by atoms with Gasteiger partial charge in [-0.25, -0.2) is 0 Å². The van der Waals surface area contributed by atoms with Crippen molar-refractivity contribution < 1.29 is 19.1 Å². The quantitative estimate of drug-likeness (QED) is 0.642. The van der Waals surface area contributed by atoms with Gasteiger partial charge in [0.2, 0.25) is 5.91 Å². The van der Waals surface area contributed by atoms with Gasteiger partial charge in [0.1, 0.15) is 12.3 Å². The smallest absolute Gasteiger partial charge is 0.254 e. The first-order valence-electron chi connectivity index (χ1n) is 7.45. The van der Waals surface area contributed by atoms with Crippen LogP contribution in [0.1, 0.15) is 17.3 Å². The molecule has 2 rings (SSSR count). The first-order valence-corrected chi connectivity index (χ1v) is 7.45. The highest BCUT2D eigenvalue weighted by Crippen LogP contribution is 2.16. The van der Waals surface area contributed by atoms with Crippen molar-refractivity contribution in [2.75, 3.05) is 25.5 Å². The van der Waals surface area contributed by atoms with Crippen LogP contribution in [0.5, 0.6) is 5.75 Å². The number of nitrogens with zero attached hydrogens (tertiary/aromatic N) is 2. The summed E-state index contributed by atoms with van der Waals surface area (Å²) in [6, 6.07) is 9.83. The summed E-state index contributed by atoms with van der Waals surface area (Å²) in [5.41, 5.74) is 0.952. The summed E-state index contributed by atoms with van der Waals surface area (Å²) in [5, 5.41) is 13.8. The second kappa shape index (κ2) is 7.96. The van der Waals surface area contributed by atoms with Crippen LogP contribution in [0.3, 0.4) is 0 Å². The number of rotatable bonds is 6. The van der Waals surface area contributed by atoms with Gasteiger partial charge in [0.25, 0.3) is 5.91 Å². The van der Waals surface area contributed by atoms with E-state index in [1.165, 1.54) is 29.4 Å². The number of hydrogen-bond donors (Lipinski definition) is 1. The molecule has 0 spiro atoms. The lowest BCUT2D eigenvalue weighted by Crippen LogP contribution is -2.38. The van der Waals surface area contributed by atoms with Gasteiger partial charge >= 0.3 is 0 Å². The fraction of sp³-hybridized carbons (Fsp3) is 0.235. The molecule has 24 heavy (non-hydrogen) atoms. The molecule has 0 aliphatic rings. The molecular weight excluding hydrogens is 310 g/mol. The minimum atomic E-state index is -0.312. The summed E-state index contributed by atoms with van der Waals surface area (Å²) < 4.78 is 5.70. The van der Waals surface area contributed by atoms with Crippen LogP contribution in [0.2, 0.25) is 0 Å². The highest BCUT2D eigenvalue weighted by atomic mass is 16.5. The van der Waals surface area contributed by atoms with Gasteiger partial charge in [-0.3, -0.25) is 9.59 Å². The van der Waals surface area contributed by atoms with Crippen LogP contribution in [-0.2, 0) is 4.79 Å². The number of amides is 2. The van der Waals surface area contributed by atoms with Crippen molar-refractivity contribution in [3.8, 4) is 5.75 Å². The van der Waals surface area contributed by atoms with E-state index in [0.29, 0.717) is 28.3 Å². The molecular formula is C17H19N3O4. The van der Waals surface area contributed by atoms with Crippen molar-refractivity contribution in [1.29, 1.82) is 0 Å². The van der Waals surface area contributed by atoms with E-state index in [-0.39, 0.29) is 18.4 Å². The van der Waals surface area contributed by atoms with Crippen molar-refractivity contribution in [3.05, 3.63) is 59.6 Å². The lowest BCUT2D eigenvalue weighted by atomic mass is 10.2. The van der Waals surface area contributed by atoms with E-state index in [2.05, 4.69) is 5.32 Å². The summed E-state index contributed by atoms with van der Waals surface area (Å²) in [6.07, 6.45) is 2.49. The lowest BCUT2D eigenvalue weighted by Gasteiger charge is -2.20. The molecule has 0 fully saturated rings. The number of benzene rings is 1. The Labute approximate surface area is 140 Å². The Hall–Kier alpha value is -3.09. The summed E-state index contributed by atoms with van der Waals surface area (Å²) in [4.78, 5) is 26.0. The zero-order valence-electron chi connectivity index (χ0n) is 13.6. The summed E-state index contributed by atoms with van der Waals surface area (Å²) in [7, 11) is 1.55. The highest BCUT2D eigenvalue weighted by molar-refractivity contribution is 5.99. The third-order valence-corrected chi connectivity index (χ3v) is 3.41. The zero-order chi connectivity index (χ0) is 17.5. The first kappa shape index (κ1) is 17.3. The Morgan fingerprint density at radius 1 is 1.25 bits per heavy atom. The molecule has 0 bridgehead atoms. The van der Waals surface area contributed by atoms with Crippen LogP contribution >= 0.6 is 0 Å². The Bertz CT molecular complexity index is 716. The summed E-state index contributed by atoms with van der Waals surface area (Å²) in [6.45, 7) is 2.07. The average molecular weight is 329 g/mol. The molecule has 1 N–H and O–H groups in total. The molecule has 0 saturated carbocycles. The molecule has 0 radical (unpaired) electrons. The largest absolute Gasteiger partial charge is 0.619 e. The fourth-order valence-electron chi connectivity index (χ4n) is 2.14. The molecule has 1 aromatic heterocycles. The number of nitrogens with one attached hydrogen (secondary N) is 1. The Balaban J connectivity index is 2.02. The van der Waals surface area contributed by atoms with Gasteiger partial charge in [-0.1, -0.05) is 6.07 Å². The molecule has 1 heterocycles. The monoisotopic (exact) mass is 329 g/mol. The van der Waals surface area contributed by atoms with Gasteiger partial charge in [-0.2, -0.15) is 4.73 Å². The number of carbonyl (C=O) groups excluding carboxylic acids is 2. The van der Waals surface area contributed by atoms with E-state index in [0.717, 1.165) is 0 Å². The number of pyridine rings is 1. The average Bonchev–Trinajstić information content (AvgIpc) is 2.60. The molecule has 0 aliphatic heterocycles. The molecule has 0 aliphatic carbocycles. The zero-order valence-corrected chi connectivity index (χ0v) is 13.6. The molecule has 0 atom stereocenters. The fourth-order valence-corrected chi connectivity index (χ4v) is 2.14. The van der Waals surface area contributed by atoms with Crippen LogP contribution in [0, 0.1) is 5.21 Å². The van der Waals surface area contributed by atoms with E-state index in [1.54, 1.807) is 38.3 Å². The van der Waals surface area contributed by atoms with E-state index in [9.17, 15) is 14.8 Å². The number of methoxy groups -OCH3 is 1. The standard InChI is InChI=1S/C17H19N3O4/c1-3-19(17(22)13-7-9-20(23)10-8-13)12-16(21)18-14-5-4-6-15(11-14)24-2/h4-11H,3,12H2,1-2H3,(H,18,21). The number of ether oxygens (including phenoxy) is 1. The molecule has 0 unspecified atom stereocenters. The van der Waals surface area contributed by atoms with Crippen molar-refractivity contribution in [1.82, 2.24) is 4.90 Å². The molecule has 1 aromatic carbocycles. The second-order valence-corrected chi connectivity index (χ2v) is 5.05. The van der Waals surface area contributed by atoms with E-state index >= 15 is 0 Å². The van der Waals surface area contributed by atoms with Gasteiger partial charge in [0, 0.05) is 30.4 Å². The van der Waals surface area contributed by atoms with E-state index < -0.39 is 0 Å². The second-order valence-electron chi connectivity index (χ2n) is 5.05. The van der Waals surface area contributed by atoms with Crippen molar-refractivity contribution in [2.24, 2.45) is 0 Å².